The van der Waals surface area contributed by atoms with Crippen molar-refractivity contribution in [1.82, 2.24) is 4.90 Å². The van der Waals surface area contributed by atoms with Gasteiger partial charge in [0.15, 0.2) is 11.5 Å². The van der Waals surface area contributed by atoms with Crippen molar-refractivity contribution in [3.63, 3.8) is 0 Å². The number of hydrogen-bond acceptors (Lipinski definition) is 4. The second-order valence-electron chi connectivity index (χ2n) is 5.76. The topological polar surface area (TPSA) is 49.8 Å². The minimum atomic E-state index is 0.162. The molecule has 1 aromatic rings. The van der Waals surface area contributed by atoms with Crippen molar-refractivity contribution in [3.05, 3.63) is 23.3 Å². The number of carbonyl (C=O) groups excluding carboxylic acids is 1. The molecule has 0 aromatic heterocycles. The first-order chi connectivity index (χ1) is 9.52. The van der Waals surface area contributed by atoms with Crippen LogP contribution in [0.5, 0.6) is 11.5 Å². The first-order valence-electron chi connectivity index (χ1n) is 7.08. The lowest BCUT2D eigenvalue weighted by atomic mass is 9.81. The number of Topliss-reactive ketones (excluding diaryl/α,β-unsaturated/α-hetero) is 1. The molecule has 0 saturated heterocycles. The second-order valence-corrected chi connectivity index (χ2v) is 5.76. The molecule has 1 N–H and O–H groups in total. The van der Waals surface area contributed by atoms with E-state index in [1.165, 1.54) is 0 Å². The number of ketones is 1. The van der Waals surface area contributed by atoms with Gasteiger partial charge in [-0.15, -0.1) is 0 Å². The van der Waals surface area contributed by atoms with Crippen LogP contribution in [0.25, 0.3) is 0 Å². The van der Waals surface area contributed by atoms with E-state index in [1.54, 1.807) is 13.2 Å². The Hall–Kier alpha value is -1.55. The van der Waals surface area contributed by atoms with E-state index < -0.39 is 0 Å². The number of phenols is 1. The van der Waals surface area contributed by atoms with Crippen LogP contribution in [0.3, 0.4) is 0 Å². The molecule has 1 fully saturated rings. The Bertz CT molecular complexity index is 497. The number of aromatic hydroxyl groups is 1. The van der Waals surface area contributed by atoms with Crippen LogP contribution >= 0.6 is 0 Å². The third-order valence-corrected chi connectivity index (χ3v) is 3.88. The van der Waals surface area contributed by atoms with E-state index in [0.29, 0.717) is 30.9 Å². The Morgan fingerprint density at radius 2 is 2.15 bits per heavy atom. The van der Waals surface area contributed by atoms with Crippen LogP contribution in [0.15, 0.2) is 12.1 Å². The summed E-state index contributed by atoms with van der Waals surface area (Å²) in [7, 11) is 5.54. The zero-order valence-electron chi connectivity index (χ0n) is 12.5. The van der Waals surface area contributed by atoms with Gasteiger partial charge in [-0.05, 0) is 44.5 Å². The highest BCUT2D eigenvalue weighted by Gasteiger charge is 2.25. The third kappa shape index (κ3) is 3.12. The van der Waals surface area contributed by atoms with E-state index in [-0.39, 0.29) is 11.7 Å². The molecule has 0 amide bonds. The zero-order chi connectivity index (χ0) is 14.7. The van der Waals surface area contributed by atoms with E-state index in [9.17, 15) is 9.90 Å². The highest BCUT2D eigenvalue weighted by Crippen LogP contribution is 2.40. The Balaban J connectivity index is 2.42. The molecule has 20 heavy (non-hydrogen) atoms. The van der Waals surface area contributed by atoms with Gasteiger partial charge in [-0.25, -0.2) is 0 Å². The van der Waals surface area contributed by atoms with Gasteiger partial charge in [0.25, 0.3) is 0 Å². The number of hydrogen-bond donors (Lipinski definition) is 1. The molecule has 110 valence electrons. The molecule has 4 heteroatoms. The lowest BCUT2D eigenvalue weighted by Crippen LogP contribution is -2.18. The molecule has 1 aliphatic rings. The molecule has 1 aromatic carbocycles. The van der Waals surface area contributed by atoms with Crippen molar-refractivity contribution in [2.45, 2.75) is 38.1 Å². The molecule has 4 nitrogen and oxygen atoms in total. The van der Waals surface area contributed by atoms with Crippen LogP contribution in [0.1, 0.15) is 42.7 Å². The predicted octanol–water partition coefficient (Wildman–Crippen LogP) is 2.69. The summed E-state index contributed by atoms with van der Waals surface area (Å²) in [5.41, 5.74) is 2.14. The van der Waals surface area contributed by atoms with Crippen molar-refractivity contribution in [1.29, 1.82) is 0 Å². The minimum absolute atomic E-state index is 0.162. The summed E-state index contributed by atoms with van der Waals surface area (Å²) in [6, 6.07) is 3.62. The highest BCUT2D eigenvalue weighted by atomic mass is 16.5. The van der Waals surface area contributed by atoms with Gasteiger partial charge in [0.1, 0.15) is 5.78 Å². The number of phenolic OH excluding ortho intramolecular Hbond substituents is 1. The van der Waals surface area contributed by atoms with E-state index in [4.69, 9.17) is 4.74 Å². The van der Waals surface area contributed by atoms with Gasteiger partial charge in [0, 0.05) is 24.9 Å². The largest absolute Gasteiger partial charge is 0.504 e. The Morgan fingerprint density at radius 1 is 1.40 bits per heavy atom. The smallest absolute Gasteiger partial charge is 0.165 e. The van der Waals surface area contributed by atoms with E-state index >= 15 is 0 Å². The SMILES string of the molecule is COc1c(O)ccc(C2CCCC(=O)C2)c1CN(C)C. The molecule has 0 radical (unpaired) electrons. The van der Waals surface area contributed by atoms with Gasteiger partial charge in [0.2, 0.25) is 0 Å². The normalized spacial score (nSPS) is 19.4. The number of rotatable bonds is 4. The van der Waals surface area contributed by atoms with Crippen molar-refractivity contribution in [3.8, 4) is 11.5 Å². The standard InChI is InChI=1S/C16H23NO3/c1-17(2)10-14-13(7-8-15(19)16(14)20-3)11-5-4-6-12(18)9-11/h7-8,11,19H,4-6,9-10H2,1-3H3. The fourth-order valence-corrected chi connectivity index (χ4v) is 3.01. The maximum absolute atomic E-state index is 11.7. The van der Waals surface area contributed by atoms with Crippen LogP contribution in [-0.2, 0) is 11.3 Å². The first kappa shape index (κ1) is 14.9. The molecular weight excluding hydrogens is 254 g/mol. The number of nitrogens with zero attached hydrogens (tertiary/aromatic N) is 1. The number of methoxy groups -OCH3 is 1. The summed E-state index contributed by atoms with van der Waals surface area (Å²) in [5.74, 6) is 1.29. The fourth-order valence-electron chi connectivity index (χ4n) is 3.01. The van der Waals surface area contributed by atoms with E-state index in [0.717, 1.165) is 24.0 Å². The zero-order valence-corrected chi connectivity index (χ0v) is 12.5. The van der Waals surface area contributed by atoms with Crippen molar-refractivity contribution < 1.29 is 14.6 Å². The van der Waals surface area contributed by atoms with Crippen LogP contribution in [0.4, 0.5) is 0 Å². The monoisotopic (exact) mass is 277 g/mol. The van der Waals surface area contributed by atoms with E-state index in [1.807, 2.05) is 25.1 Å². The van der Waals surface area contributed by atoms with Gasteiger partial charge in [-0.3, -0.25) is 4.79 Å². The molecule has 1 saturated carbocycles. The van der Waals surface area contributed by atoms with Gasteiger partial charge >= 0.3 is 0 Å². The summed E-state index contributed by atoms with van der Waals surface area (Å²) >= 11 is 0. The molecule has 1 atom stereocenters. The number of carbonyl (C=O) groups is 1. The van der Waals surface area contributed by atoms with Crippen LogP contribution < -0.4 is 4.74 Å². The van der Waals surface area contributed by atoms with Crippen molar-refractivity contribution >= 4 is 5.78 Å². The molecule has 0 spiro atoms. The summed E-state index contributed by atoms with van der Waals surface area (Å²) in [6.07, 6.45) is 3.29. The first-order valence-corrected chi connectivity index (χ1v) is 7.08. The Kier molecular flexibility index (Phi) is 4.65. The maximum Gasteiger partial charge on any atom is 0.165 e. The highest BCUT2D eigenvalue weighted by molar-refractivity contribution is 5.80. The molecule has 1 unspecified atom stereocenters. The average Bonchev–Trinajstić information content (AvgIpc) is 2.38. The van der Waals surface area contributed by atoms with Gasteiger partial charge in [-0.2, -0.15) is 0 Å². The molecule has 1 aliphatic carbocycles. The molecular formula is C16H23NO3. The average molecular weight is 277 g/mol. The lowest BCUT2D eigenvalue weighted by molar-refractivity contribution is -0.120. The van der Waals surface area contributed by atoms with Crippen LogP contribution in [-0.4, -0.2) is 37.0 Å². The summed E-state index contributed by atoms with van der Waals surface area (Å²) in [5, 5.41) is 9.97. The quantitative estimate of drug-likeness (QED) is 0.919. The van der Waals surface area contributed by atoms with Crippen molar-refractivity contribution in [2.75, 3.05) is 21.2 Å². The summed E-state index contributed by atoms with van der Waals surface area (Å²) in [4.78, 5) is 13.8. The Labute approximate surface area is 120 Å². The lowest BCUT2D eigenvalue weighted by Gasteiger charge is -2.26. The molecule has 0 aliphatic heterocycles. The third-order valence-electron chi connectivity index (χ3n) is 3.88. The molecule has 2 rings (SSSR count). The van der Waals surface area contributed by atoms with E-state index in [2.05, 4.69) is 0 Å². The fraction of sp³-hybridized carbons (Fsp3) is 0.562. The maximum atomic E-state index is 11.7. The van der Waals surface area contributed by atoms with Crippen LogP contribution in [0.2, 0.25) is 0 Å². The van der Waals surface area contributed by atoms with Crippen molar-refractivity contribution in [2.24, 2.45) is 0 Å². The second kappa shape index (κ2) is 6.27. The number of ether oxygens (including phenoxy) is 1. The minimum Gasteiger partial charge on any atom is -0.504 e. The van der Waals surface area contributed by atoms with Gasteiger partial charge < -0.3 is 14.7 Å². The van der Waals surface area contributed by atoms with Crippen LogP contribution in [0, 0.1) is 0 Å². The Morgan fingerprint density at radius 3 is 2.75 bits per heavy atom. The summed E-state index contributed by atoms with van der Waals surface area (Å²) < 4.78 is 5.37. The van der Waals surface area contributed by atoms with Gasteiger partial charge in [-0.1, -0.05) is 6.07 Å². The van der Waals surface area contributed by atoms with Gasteiger partial charge in [0.05, 0.1) is 7.11 Å². The summed E-state index contributed by atoms with van der Waals surface area (Å²) in [6.45, 7) is 0.692. The number of benzene rings is 1. The predicted molar refractivity (Wildman–Crippen MR) is 78.3 cm³/mol. The molecule has 0 heterocycles. The molecule has 0 bridgehead atoms.